The third kappa shape index (κ3) is 4.95. The van der Waals surface area contributed by atoms with Gasteiger partial charge in [-0.1, -0.05) is 36.7 Å². The van der Waals surface area contributed by atoms with Crippen molar-refractivity contribution in [2.75, 3.05) is 26.0 Å². The molecule has 0 radical (unpaired) electrons. The van der Waals surface area contributed by atoms with E-state index in [4.69, 9.17) is 16.2 Å². The average molecular weight is 642 g/mol. The summed E-state index contributed by atoms with van der Waals surface area (Å²) >= 11 is 6.19. The molecule has 12 heteroatoms. The van der Waals surface area contributed by atoms with Crippen LogP contribution in [0.2, 0.25) is 5.02 Å². The Morgan fingerprint density at radius 1 is 1.21 bits per heavy atom. The van der Waals surface area contributed by atoms with E-state index in [1.54, 1.807) is 13.0 Å². The van der Waals surface area contributed by atoms with Crippen LogP contribution in [-0.4, -0.2) is 83.5 Å². The predicted molar refractivity (Wildman–Crippen MR) is 156 cm³/mol. The lowest BCUT2D eigenvalue weighted by molar-refractivity contribution is -0.212. The summed E-state index contributed by atoms with van der Waals surface area (Å²) in [5.74, 6) is -2.01. The number of Topliss-reactive ketones (excluding diaryl/α,β-unsaturated/α-hetero) is 1. The van der Waals surface area contributed by atoms with Crippen molar-refractivity contribution >= 4 is 33.3 Å². The van der Waals surface area contributed by atoms with Crippen LogP contribution in [0.25, 0.3) is 0 Å². The van der Waals surface area contributed by atoms with Crippen LogP contribution < -0.4 is 0 Å². The summed E-state index contributed by atoms with van der Waals surface area (Å²) < 4.78 is 59.0. The number of carbonyl (C=O) groups excluding carboxylic acids is 2. The van der Waals surface area contributed by atoms with Gasteiger partial charge in [0, 0.05) is 36.0 Å². The fourth-order valence-electron chi connectivity index (χ4n) is 9.53. The number of aliphatic hydroxyl groups excluding tert-OH is 2. The van der Waals surface area contributed by atoms with Gasteiger partial charge in [0.05, 0.1) is 17.8 Å². The fourth-order valence-corrected chi connectivity index (χ4v) is 9.75. The molecule has 8 nitrogen and oxygen atoms in total. The molecule has 0 spiro atoms. The zero-order valence-electron chi connectivity index (χ0n) is 24.3. The van der Waals surface area contributed by atoms with Crippen LogP contribution in [0, 0.1) is 34.0 Å². The van der Waals surface area contributed by atoms with E-state index in [1.165, 1.54) is 18.2 Å². The minimum absolute atomic E-state index is 0.0273. The Hall–Kier alpha value is -2.02. The van der Waals surface area contributed by atoms with Crippen molar-refractivity contribution in [3.05, 3.63) is 58.7 Å². The number of likely N-dealkylation sites (tertiary alicyclic amines) is 1. The van der Waals surface area contributed by atoms with Crippen molar-refractivity contribution in [2.45, 2.75) is 57.6 Å². The number of ketones is 2. The van der Waals surface area contributed by atoms with Crippen LogP contribution in [0.3, 0.4) is 0 Å². The quantitative estimate of drug-likeness (QED) is 0.424. The third-order valence-corrected chi connectivity index (χ3v) is 11.4. The molecule has 0 bridgehead atoms. The third-order valence-electron chi connectivity index (χ3n) is 11.2. The molecule has 3 saturated carbocycles. The molecule has 4 fully saturated rings. The first kappa shape index (κ1) is 32.4. The number of hydrogen-bond acceptors (Lipinski definition) is 7. The number of hydrogen-bond donors (Lipinski definition) is 3. The Morgan fingerprint density at radius 3 is 2.51 bits per heavy atom. The standard InChI is InChI=1S/C30H34ClF2NO4.CH4O3S/c1-27-7-6-20(36)10-23(27)24(32)11-22-21-9-18-14-34(13-17-4-3-5-19(31)8-17)16-29(18,26(38)15-35)28(21,2)12-25(37)30(22,27)33;1-5(2,3)4/h3-8,10,18,21-22,24-25,35,37H,9,11-16H2,1-2H3;1H3,(H,2,3,4)/t18-,21-,22-,24-,25-,27-,28-,29+,30-;/m0./s1. The van der Waals surface area contributed by atoms with E-state index in [1.807, 2.05) is 25.1 Å². The SMILES string of the molecule is CS(=O)(=O)O.C[C@]12C=CC(=O)C=C1[C@@H](F)C[C@H]1[C@@H]3C[C@H]4CN(Cc5cccc(Cl)c5)C[C@@]4(C(=O)CO)[C@@]3(C)C[C@H](O)[C@@]12F. The predicted octanol–water partition coefficient (Wildman–Crippen LogP) is 3.75. The number of nitrogens with zero attached hydrogens (tertiary/aromatic N) is 1. The Labute approximate surface area is 255 Å². The van der Waals surface area contributed by atoms with Crippen LogP contribution >= 0.6 is 11.6 Å². The molecular formula is C31H38ClF2NO7S. The highest BCUT2D eigenvalue weighted by Crippen LogP contribution is 2.74. The second-order valence-electron chi connectivity index (χ2n) is 13.4. The van der Waals surface area contributed by atoms with E-state index in [0.717, 1.165) is 5.56 Å². The molecule has 0 aromatic heterocycles. The van der Waals surface area contributed by atoms with E-state index in [9.17, 15) is 28.2 Å². The summed E-state index contributed by atoms with van der Waals surface area (Å²) in [6.07, 6.45) is 2.04. The first-order chi connectivity index (χ1) is 19.9. The van der Waals surface area contributed by atoms with Crippen LogP contribution in [0.4, 0.5) is 8.78 Å². The number of carbonyl (C=O) groups is 2. The minimum atomic E-state index is -3.67. The summed E-state index contributed by atoms with van der Waals surface area (Å²) in [6.45, 7) is 4.44. The minimum Gasteiger partial charge on any atom is -0.390 e. The summed E-state index contributed by atoms with van der Waals surface area (Å²) in [4.78, 5) is 27.9. The van der Waals surface area contributed by atoms with Gasteiger partial charge in [-0.25, -0.2) is 8.78 Å². The lowest BCUT2D eigenvalue weighted by Gasteiger charge is -2.63. The van der Waals surface area contributed by atoms with Crippen molar-refractivity contribution in [1.82, 2.24) is 4.90 Å². The maximum Gasteiger partial charge on any atom is 0.261 e. The van der Waals surface area contributed by atoms with Crippen molar-refractivity contribution in [3.8, 4) is 0 Å². The van der Waals surface area contributed by atoms with Gasteiger partial charge in [0.1, 0.15) is 12.8 Å². The summed E-state index contributed by atoms with van der Waals surface area (Å²) in [5, 5.41) is 22.4. The van der Waals surface area contributed by atoms with Crippen LogP contribution in [-0.2, 0) is 26.3 Å². The highest BCUT2D eigenvalue weighted by atomic mass is 35.5. The zero-order chi connectivity index (χ0) is 31.8. The average Bonchev–Trinajstić information content (AvgIpc) is 3.37. The van der Waals surface area contributed by atoms with E-state index in [0.29, 0.717) is 37.3 Å². The lowest BCUT2D eigenvalue weighted by Crippen LogP contribution is -2.69. The normalized spacial score (nSPS) is 41.7. The number of allylic oxidation sites excluding steroid dienone is 4. The molecule has 3 N–H and O–H groups in total. The largest absolute Gasteiger partial charge is 0.390 e. The molecule has 1 aromatic carbocycles. The molecule has 0 unspecified atom stereocenters. The number of halogens is 3. The van der Waals surface area contributed by atoms with Crippen molar-refractivity contribution in [2.24, 2.45) is 34.0 Å². The molecule has 1 aliphatic heterocycles. The number of benzene rings is 1. The van der Waals surface area contributed by atoms with Crippen molar-refractivity contribution in [1.29, 1.82) is 0 Å². The summed E-state index contributed by atoms with van der Waals surface area (Å²) in [5.41, 5.74) is -4.32. The van der Waals surface area contributed by atoms with Gasteiger partial charge >= 0.3 is 0 Å². The topological polar surface area (TPSA) is 132 Å². The zero-order valence-corrected chi connectivity index (χ0v) is 25.9. The summed E-state index contributed by atoms with van der Waals surface area (Å²) in [7, 11) is -3.67. The van der Waals surface area contributed by atoms with Crippen molar-refractivity contribution < 1.29 is 41.6 Å². The van der Waals surface area contributed by atoms with E-state index in [2.05, 4.69) is 4.90 Å². The van der Waals surface area contributed by atoms with Gasteiger partial charge < -0.3 is 10.2 Å². The maximum atomic E-state index is 17.4. The van der Waals surface area contributed by atoms with Crippen LogP contribution in [0.5, 0.6) is 0 Å². The molecule has 236 valence electrons. The second-order valence-corrected chi connectivity index (χ2v) is 15.3. The van der Waals surface area contributed by atoms with Crippen LogP contribution in [0.1, 0.15) is 38.7 Å². The highest BCUT2D eigenvalue weighted by Gasteiger charge is 2.78. The number of rotatable bonds is 4. The monoisotopic (exact) mass is 641 g/mol. The molecule has 0 amide bonds. The molecule has 1 heterocycles. The fraction of sp³-hybridized carbons (Fsp3) is 0.613. The van der Waals surface area contributed by atoms with Gasteiger partial charge in [0.15, 0.2) is 17.2 Å². The Kier molecular flexibility index (Phi) is 8.14. The van der Waals surface area contributed by atoms with Crippen LogP contribution in [0.15, 0.2) is 48.1 Å². The van der Waals surface area contributed by atoms with E-state index < -0.39 is 56.8 Å². The number of alkyl halides is 2. The smallest absolute Gasteiger partial charge is 0.261 e. The van der Waals surface area contributed by atoms with Gasteiger partial charge in [0.25, 0.3) is 10.1 Å². The Balaban J connectivity index is 0.000000682. The molecule has 6 rings (SSSR count). The van der Waals surface area contributed by atoms with Crippen molar-refractivity contribution in [3.63, 3.8) is 0 Å². The maximum absolute atomic E-state index is 17.4. The molecule has 43 heavy (non-hydrogen) atoms. The highest BCUT2D eigenvalue weighted by molar-refractivity contribution is 7.85. The number of fused-ring (bicyclic) bond motifs is 7. The second kappa shape index (κ2) is 10.8. The molecule has 5 aliphatic rings. The summed E-state index contributed by atoms with van der Waals surface area (Å²) in [6, 6.07) is 7.55. The molecular weight excluding hydrogens is 604 g/mol. The molecule has 1 aromatic rings. The first-order valence-electron chi connectivity index (χ1n) is 14.4. The van der Waals surface area contributed by atoms with E-state index in [-0.39, 0.29) is 41.8 Å². The van der Waals surface area contributed by atoms with Gasteiger partial charge in [0.2, 0.25) is 0 Å². The van der Waals surface area contributed by atoms with Gasteiger partial charge in [-0.15, -0.1) is 0 Å². The van der Waals surface area contributed by atoms with Gasteiger partial charge in [-0.3, -0.25) is 19.0 Å². The Bertz CT molecular complexity index is 1490. The molecule has 4 aliphatic carbocycles. The number of aliphatic hydroxyl groups is 2. The lowest BCUT2D eigenvalue weighted by atomic mass is 9.43. The first-order valence-corrected chi connectivity index (χ1v) is 16.6. The molecule has 1 saturated heterocycles. The molecule has 9 atom stereocenters. The van der Waals surface area contributed by atoms with Gasteiger partial charge in [-0.2, -0.15) is 8.42 Å². The van der Waals surface area contributed by atoms with Gasteiger partial charge in [-0.05, 0) is 78.9 Å². The van der Waals surface area contributed by atoms with E-state index >= 15 is 8.78 Å². The Morgan fingerprint density at radius 2 is 1.88 bits per heavy atom.